The topological polar surface area (TPSA) is 29.1 Å². The predicted octanol–water partition coefficient (Wildman–Crippen LogP) is 2.18. The van der Waals surface area contributed by atoms with Crippen LogP contribution < -0.4 is 5.32 Å². The summed E-state index contributed by atoms with van der Waals surface area (Å²) < 4.78 is 0. The largest absolute Gasteiger partial charge is 0.348 e. The van der Waals surface area contributed by atoms with Crippen LogP contribution in [-0.2, 0) is 0 Å². The molecule has 1 heterocycles. The fourth-order valence-corrected chi connectivity index (χ4v) is 2.02. The van der Waals surface area contributed by atoms with Crippen LogP contribution in [0, 0.1) is 12.3 Å². The number of terminal acetylenes is 1. The lowest BCUT2D eigenvalue weighted by atomic mass is 10.2. The molecule has 0 radical (unpaired) electrons. The lowest BCUT2D eigenvalue weighted by Gasteiger charge is -2.08. The maximum Gasteiger partial charge on any atom is 0.261 e. The minimum atomic E-state index is -0.0851. The van der Waals surface area contributed by atoms with E-state index in [0.717, 1.165) is 4.90 Å². The molecule has 1 unspecified atom stereocenters. The summed E-state index contributed by atoms with van der Waals surface area (Å²) in [4.78, 5) is 13.0. The van der Waals surface area contributed by atoms with Crippen molar-refractivity contribution in [3.63, 3.8) is 0 Å². The van der Waals surface area contributed by atoms with Crippen molar-refractivity contribution in [3.8, 4) is 12.3 Å². The third-order valence-electron chi connectivity index (χ3n) is 1.61. The van der Waals surface area contributed by atoms with Crippen molar-refractivity contribution in [2.45, 2.75) is 24.3 Å². The Morgan fingerprint density at radius 2 is 2.57 bits per heavy atom. The van der Waals surface area contributed by atoms with Crippen molar-refractivity contribution < 1.29 is 4.79 Å². The molecule has 0 saturated carbocycles. The van der Waals surface area contributed by atoms with Crippen molar-refractivity contribution >= 4 is 29.9 Å². The van der Waals surface area contributed by atoms with E-state index in [1.165, 1.54) is 11.3 Å². The number of amides is 1. The molecule has 4 heteroatoms. The number of thiophene rings is 1. The smallest absolute Gasteiger partial charge is 0.261 e. The van der Waals surface area contributed by atoms with Crippen LogP contribution in [0.4, 0.5) is 0 Å². The molecule has 1 atom stereocenters. The van der Waals surface area contributed by atoms with Gasteiger partial charge < -0.3 is 5.32 Å². The summed E-state index contributed by atoms with van der Waals surface area (Å²) in [7, 11) is 0. The van der Waals surface area contributed by atoms with Gasteiger partial charge in [-0.25, -0.2) is 0 Å². The summed E-state index contributed by atoms with van der Waals surface area (Å²) >= 11 is 5.51. The van der Waals surface area contributed by atoms with Gasteiger partial charge in [-0.2, -0.15) is 0 Å². The van der Waals surface area contributed by atoms with E-state index in [-0.39, 0.29) is 11.9 Å². The van der Waals surface area contributed by atoms with E-state index >= 15 is 0 Å². The highest BCUT2D eigenvalue weighted by atomic mass is 32.1. The van der Waals surface area contributed by atoms with Crippen molar-refractivity contribution in [2.75, 3.05) is 0 Å². The first-order chi connectivity index (χ1) is 6.63. The van der Waals surface area contributed by atoms with Crippen LogP contribution >= 0.6 is 24.0 Å². The van der Waals surface area contributed by atoms with Gasteiger partial charge in [0, 0.05) is 22.7 Å². The van der Waals surface area contributed by atoms with Gasteiger partial charge >= 0.3 is 0 Å². The first-order valence-corrected chi connectivity index (χ1v) is 5.48. The van der Waals surface area contributed by atoms with Crippen LogP contribution in [0.25, 0.3) is 0 Å². The second-order valence-corrected chi connectivity index (χ2v) is 4.38. The molecule has 14 heavy (non-hydrogen) atoms. The van der Waals surface area contributed by atoms with Gasteiger partial charge in [-0.15, -0.1) is 36.3 Å². The Morgan fingerprint density at radius 3 is 3.07 bits per heavy atom. The zero-order valence-corrected chi connectivity index (χ0v) is 9.49. The molecule has 1 rings (SSSR count). The van der Waals surface area contributed by atoms with Gasteiger partial charge in [0.15, 0.2) is 0 Å². The molecule has 0 aliphatic rings. The Balaban J connectivity index is 2.55. The van der Waals surface area contributed by atoms with Gasteiger partial charge in [-0.3, -0.25) is 4.79 Å². The van der Waals surface area contributed by atoms with Crippen molar-refractivity contribution in [1.82, 2.24) is 5.32 Å². The number of thiol groups is 1. The Bertz CT molecular complexity index is 364. The minimum Gasteiger partial charge on any atom is -0.348 e. The molecule has 0 aromatic carbocycles. The van der Waals surface area contributed by atoms with Crippen LogP contribution in [0.5, 0.6) is 0 Å². The van der Waals surface area contributed by atoms with E-state index in [1.54, 1.807) is 6.07 Å². The van der Waals surface area contributed by atoms with Gasteiger partial charge in [0.1, 0.15) is 0 Å². The number of hydrogen-bond acceptors (Lipinski definition) is 3. The van der Waals surface area contributed by atoms with Gasteiger partial charge in [-0.1, -0.05) is 0 Å². The quantitative estimate of drug-likeness (QED) is 0.599. The first-order valence-electron chi connectivity index (χ1n) is 4.15. The highest BCUT2D eigenvalue weighted by molar-refractivity contribution is 7.80. The van der Waals surface area contributed by atoms with Crippen LogP contribution in [0.1, 0.15) is 23.0 Å². The van der Waals surface area contributed by atoms with Crippen molar-refractivity contribution in [1.29, 1.82) is 0 Å². The Labute approximate surface area is 93.1 Å². The fraction of sp³-hybridized carbons (Fsp3) is 0.300. The lowest BCUT2D eigenvalue weighted by molar-refractivity contribution is 0.0945. The maximum atomic E-state index is 11.5. The van der Waals surface area contributed by atoms with Crippen LogP contribution in [-0.4, -0.2) is 11.9 Å². The monoisotopic (exact) mass is 225 g/mol. The van der Waals surface area contributed by atoms with Crippen molar-refractivity contribution in [2.24, 2.45) is 0 Å². The van der Waals surface area contributed by atoms with Crippen LogP contribution in [0.15, 0.2) is 16.3 Å². The van der Waals surface area contributed by atoms with Crippen molar-refractivity contribution in [3.05, 3.63) is 16.3 Å². The highest BCUT2D eigenvalue weighted by Crippen LogP contribution is 2.17. The normalized spacial score (nSPS) is 11.8. The molecule has 1 aromatic rings. The van der Waals surface area contributed by atoms with Gasteiger partial charge in [-0.05, 0) is 13.0 Å². The molecule has 2 nitrogen and oxygen atoms in total. The highest BCUT2D eigenvalue weighted by Gasteiger charge is 2.10. The number of hydrogen-bond donors (Lipinski definition) is 2. The molecular formula is C10H11NOS2. The molecule has 1 aromatic heterocycles. The number of rotatable bonds is 3. The third-order valence-corrected chi connectivity index (χ3v) is 2.97. The first kappa shape index (κ1) is 11.2. The molecule has 0 spiro atoms. The lowest BCUT2D eigenvalue weighted by Crippen LogP contribution is -2.31. The molecule has 74 valence electrons. The average Bonchev–Trinajstić information content (AvgIpc) is 2.52. The molecule has 0 aliphatic heterocycles. The molecule has 1 N–H and O–H groups in total. The minimum absolute atomic E-state index is 0.0120. The van der Waals surface area contributed by atoms with E-state index in [0.29, 0.717) is 11.3 Å². The fourth-order valence-electron chi connectivity index (χ4n) is 0.968. The van der Waals surface area contributed by atoms with Gasteiger partial charge in [0.25, 0.3) is 5.91 Å². The summed E-state index contributed by atoms with van der Waals surface area (Å²) in [6.45, 7) is 1.88. The van der Waals surface area contributed by atoms with E-state index < -0.39 is 0 Å². The van der Waals surface area contributed by atoms with E-state index in [9.17, 15) is 4.79 Å². The average molecular weight is 225 g/mol. The zero-order valence-electron chi connectivity index (χ0n) is 7.78. The molecule has 1 amide bonds. The van der Waals surface area contributed by atoms with Crippen LogP contribution in [0.3, 0.4) is 0 Å². The summed E-state index contributed by atoms with van der Waals surface area (Å²) in [5, 5.41) is 4.63. The standard InChI is InChI=1S/C10H11NOS2/c1-3-4-7(2)11-10(12)9-5-8(13)6-14-9/h1,5-7,13H,4H2,2H3,(H,11,12). The summed E-state index contributed by atoms with van der Waals surface area (Å²) in [5.41, 5.74) is 0. The number of nitrogens with one attached hydrogen (secondary N) is 1. The zero-order chi connectivity index (χ0) is 10.6. The molecule has 0 saturated heterocycles. The van der Waals surface area contributed by atoms with E-state index in [1.807, 2.05) is 12.3 Å². The molecule has 0 fully saturated rings. The summed E-state index contributed by atoms with van der Waals surface area (Å²) in [6, 6.07) is 1.75. The number of carbonyl (C=O) groups excluding carboxylic acids is 1. The predicted molar refractivity (Wildman–Crippen MR) is 61.9 cm³/mol. The van der Waals surface area contributed by atoms with E-state index in [2.05, 4.69) is 23.9 Å². The van der Waals surface area contributed by atoms with E-state index in [4.69, 9.17) is 6.42 Å². The SMILES string of the molecule is C#CCC(C)NC(=O)c1cc(S)cs1. The second kappa shape index (κ2) is 5.08. The second-order valence-electron chi connectivity index (χ2n) is 2.95. The number of carbonyl (C=O) groups is 1. The van der Waals surface area contributed by atoms with Gasteiger partial charge in [0.05, 0.1) is 4.88 Å². The summed E-state index contributed by atoms with van der Waals surface area (Å²) in [6.07, 6.45) is 5.68. The Hall–Kier alpha value is -0.920. The summed E-state index contributed by atoms with van der Waals surface area (Å²) in [5.74, 6) is 2.42. The molecular weight excluding hydrogens is 214 g/mol. The Morgan fingerprint density at radius 1 is 1.86 bits per heavy atom. The molecule has 0 aliphatic carbocycles. The molecule has 0 bridgehead atoms. The Kier molecular flexibility index (Phi) is 4.05. The van der Waals surface area contributed by atoms with Crippen LogP contribution in [0.2, 0.25) is 0 Å². The maximum absolute atomic E-state index is 11.5. The third kappa shape index (κ3) is 3.09. The van der Waals surface area contributed by atoms with Gasteiger partial charge in [0.2, 0.25) is 0 Å².